The summed E-state index contributed by atoms with van der Waals surface area (Å²) >= 11 is 0. The van der Waals surface area contributed by atoms with Gasteiger partial charge in [0, 0.05) is 0 Å². The van der Waals surface area contributed by atoms with E-state index in [-0.39, 0.29) is 0 Å². The smallest absolute Gasteiger partial charge is 0.103 e. The lowest BCUT2D eigenvalue weighted by Gasteiger charge is -2.09. The van der Waals surface area contributed by atoms with E-state index < -0.39 is 0 Å². The number of rotatable bonds is 3. The van der Waals surface area contributed by atoms with Crippen LogP contribution in [-0.4, -0.2) is 9.78 Å². The third-order valence-electron chi connectivity index (χ3n) is 2.87. The van der Waals surface area contributed by atoms with Crippen LogP contribution in [0.2, 0.25) is 0 Å². The molecule has 0 amide bonds. The van der Waals surface area contributed by atoms with Crippen LogP contribution in [0, 0.1) is 24.2 Å². The molecule has 1 aromatic heterocycles. The highest BCUT2D eigenvalue weighted by atomic mass is 15.3. The molecule has 0 radical (unpaired) electrons. The first-order chi connectivity index (χ1) is 8.63. The number of hydrogen-bond donors (Lipinski definition) is 0. The number of benzene rings is 1. The maximum absolute atomic E-state index is 9.27. The Kier molecular flexibility index (Phi) is 3.47. The van der Waals surface area contributed by atoms with Gasteiger partial charge in [0.05, 0.1) is 22.6 Å². The van der Waals surface area contributed by atoms with Crippen LogP contribution >= 0.6 is 0 Å². The molecule has 0 fully saturated rings. The molecule has 0 unspecified atom stereocenters. The van der Waals surface area contributed by atoms with Crippen molar-refractivity contribution in [1.82, 2.24) is 9.78 Å². The molecule has 1 aromatic carbocycles. The summed E-state index contributed by atoms with van der Waals surface area (Å²) in [6.45, 7) is 6.19. The second-order valence-corrected chi connectivity index (χ2v) is 4.86. The predicted octanol–water partition coefficient (Wildman–Crippen LogP) is 3.25. The zero-order valence-corrected chi connectivity index (χ0v) is 11.0. The fourth-order valence-electron chi connectivity index (χ4n) is 2.08. The largest absolute Gasteiger partial charge is 0.236 e. The maximum Gasteiger partial charge on any atom is 0.103 e. The van der Waals surface area contributed by atoms with E-state index in [0.29, 0.717) is 11.5 Å². The Morgan fingerprint density at radius 2 is 1.94 bits per heavy atom. The summed E-state index contributed by atoms with van der Waals surface area (Å²) in [6, 6.07) is 12.2. The highest BCUT2D eigenvalue weighted by Gasteiger charge is 2.16. The molecule has 3 heteroatoms. The van der Waals surface area contributed by atoms with Crippen molar-refractivity contribution in [2.24, 2.45) is 5.92 Å². The topological polar surface area (TPSA) is 41.6 Å². The van der Waals surface area contributed by atoms with Crippen molar-refractivity contribution in [3.8, 4) is 11.8 Å². The van der Waals surface area contributed by atoms with Crippen molar-refractivity contribution in [2.45, 2.75) is 27.2 Å². The highest BCUT2D eigenvalue weighted by molar-refractivity contribution is 5.43. The zero-order chi connectivity index (χ0) is 13.1. The molecule has 1 heterocycles. The molecular weight excluding hydrogens is 222 g/mol. The molecule has 0 bridgehead atoms. The van der Waals surface area contributed by atoms with Gasteiger partial charge in [0.1, 0.15) is 6.07 Å². The van der Waals surface area contributed by atoms with Gasteiger partial charge in [-0.1, -0.05) is 32.0 Å². The number of nitrogens with zero attached hydrogens (tertiary/aromatic N) is 3. The fourth-order valence-corrected chi connectivity index (χ4v) is 2.08. The van der Waals surface area contributed by atoms with E-state index in [1.807, 2.05) is 41.9 Å². The minimum absolute atomic E-state index is 0.496. The molecule has 0 saturated carbocycles. The molecule has 0 N–H and O–H groups in total. The third-order valence-corrected chi connectivity index (χ3v) is 2.87. The number of para-hydroxylation sites is 1. The predicted molar refractivity (Wildman–Crippen MR) is 71.6 cm³/mol. The fraction of sp³-hybridized carbons (Fsp3) is 0.333. The molecule has 92 valence electrons. The Hall–Kier alpha value is -2.08. The summed E-state index contributed by atoms with van der Waals surface area (Å²) in [5, 5.41) is 13.8. The van der Waals surface area contributed by atoms with Gasteiger partial charge in [-0.15, -0.1) is 0 Å². The lowest BCUT2D eigenvalue weighted by molar-refractivity contribution is 0.615. The van der Waals surface area contributed by atoms with Crippen LogP contribution in [-0.2, 0) is 6.42 Å². The molecule has 3 nitrogen and oxygen atoms in total. The van der Waals surface area contributed by atoms with Crippen molar-refractivity contribution in [2.75, 3.05) is 0 Å². The summed E-state index contributed by atoms with van der Waals surface area (Å²) < 4.78 is 1.90. The van der Waals surface area contributed by atoms with E-state index in [4.69, 9.17) is 0 Å². The molecule has 0 atom stereocenters. The summed E-state index contributed by atoms with van der Waals surface area (Å²) in [5.41, 5.74) is 3.54. The average Bonchev–Trinajstić information content (AvgIpc) is 2.66. The summed E-state index contributed by atoms with van der Waals surface area (Å²) in [7, 11) is 0. The maximum atomic E-state index is 9.27. The van der Waals surface area contributed by atoms with Gasteiger partial charge in [-0.25, -0.2) is 4.68 Å². The van der Waals surface area contributed by atoms with E-state index in [9.17, 15) is 5.26 Å². The van der Waals surface area contributed by atoms with Gasteiger partial charge in [-0.05, 0) is 31.4 Å². The Morgan fingerprint density at radius 3 is 2.50 bits per heavy atom. The van der Waals surface area contributed by atoms with Crippen molar-refractivity contribution >= 4 is 0 Å². The van der Waals surface area contributed by atoms with E-state index in [0.717, 1.165) is 23.5 Å². The molecule has 0 aliphatic carbocycles. The van der Waals surface area contributed by atoms with Crippen molar-refractivity contribution in [3.63, 3.8) is 0 Å². The minimum Gasteiger partial charge on any atom is -0.236 e. The van der Waals surface area contributed by atoms with E-state index in [2.05, 4.69) is 25.0 Å². The van der Waals surface area contributed by atoms with Gasteiger partial charge in [0.2, 0.25) is 0 Å². The van der Waals surface area contributed by atoms with Gasteiger partial charge in [-0.2, -0.15) is 10.4 Å². The second-order valence-electron chi connectivity index (χ2n) is 4.86. The monoisotopic (exact) mass is 239 g/mol. The molecule has 2 rings (SSSR count). The van der Waals surface area contributed by atoms with Gasteiger partial charge >= 0.3 is 0 Å². The SMILES string of the molecule is Cc1nn(-c2ccccc2)c(CC(C)C)c1C#N. The minimum atomic E-state index is 0.496. The molecule has 18 heavy (non-hydrogen) atoms. The lowest BCUT2D eigenvalue weighted by atomic mass is 10.0. The van der Waals surface area contributed by atoms with Gasteiger partial charge in [0.15, 0.2) is 0 Å². The van der Waals surface area contributed by atoms with Crippen LogP contribution < -0.4 is 0 Å². The van der Waals surface area contributed by atoms with Gasteiger partial charge in [0.25, 0.3) is 0 Å². The standard InChI is InChI=1S/C15H17N3/c1-11(2)9-15-14(10-16)12(3)17-18(15)13-7-5-4-6-8-13/h4-8,11H,9H2,1-3H3. The van der Waals surface area contributed by atoms with E-state index in [1.165, 1.54) is 0 Å². The van der Waals surface area contributed by atoms with Crippen molar-refractivity contribution < 1.29 is 0 Å². The number of hydrogen-bond acceptors (Lipinski definition) is 2. The molecule has 2 aromatic rings. The summed E-state index contributed by atoms with van der Waals surface area (Å²) in [6.07, 6.45) is 0.860. The normalized spacial score (nSPS) is 10.6. The van der Waals surface area contributed by atoms with Crippen LogP contribution in [0.5, 0.6) is 0 Å². The first-order valence-corrected chi connectivity index (χ1v) is 6.17. The van der Waals surface area contributed by atoms with Crippen LogP contribution in [0.4, 0.5) is 0 Å². The Morgan fingerprint density at radius 1 is 1.28 bits per heavy atom. The molecule has 0 spiro atoms. The van der Waals surface area contributed by atoms with E-state index >= 15 is 0 Å². The Balaban J connectivity index is 2.58. The number of aromatic nitrogens is 2. The van der Waals surface area contributed by atoms with Crippen LogP contribution in [0.3, 0.4) is 0 Å². The first kappa shape index (κ1) is 12.4. The number of aryl methyl sites for hydroxylation is 1. The quantitative estimate of drug-likeness (QED) is 0.825. The van der Waals surface area contributed by atoms with Crippen LogP contribution in [0.15, 0.2) is 30.3 Å². The summed E-state index contributed by atoms with van der Waals surface area (Å²) in [5.74, 6) is 0.496. The molecule has 0 saturated heterocycles. The van der Waals surface area contributed by atoms with Crippen LogP contribution in [0.1, 0.15) is 30.8 Å². The Labute approximate surface area is 108 Å². The van der Waals surface area contributed by atoms with Gasteiger partial charge < -0.3 is 0 Å². The van der Waals surface area contributed by atoms with Crippen LogP contribution in [0.25, 0.3) is 5.69 Å². The third kappa shape index (κ3) is 2.28. The second kappa shape index (κ2) is 5.05. The van der Waals surface area contributed by atoms with E-state index in [1.54, 1.807) is 0 Å². The average molecular weight is 239 g/mol. The molecular formula is C15H17N3. The Bertz CT molecular complexity index is 574. The lowest BCUT2D eigenvalue weighted by Crippen LogP contribution is -2.06. The van der Waals surface area contributed by atoms with Crippen molar-refractivity contribution in [3.05, 3.63) is 47.3 Å². The van der Waals surface area contributed by atoms with Gasteiger partial charge in [-0.3, -0.25) is 0 Å². The first-order valence-electron chi connectivity index (χ1n) is 6.17. The number of nitriles is 1. The highest BCUT2D eigenvalue weighted by Crippen LogP contribution is 2.20. The molecule has 0 aliphatic heterocycles. The summed E-state index contributed by atoms with van der Waals surface area (Å²) in [4.78, 5) is 0. The van der Waals surface area contributed by atoms with Crippen molar-refractivity contribution in [1.29, 1.82) is 5.26 Å². The zero-order valence-electron chi connectivity index (χ0n) is 11.0. The molecule has 0 aliphatic rings.